The smallest absolute Gasteiger partial charge is 0.220 e. The van der Waals surface area contributed by atoms with Crippen molar-refractivity contribution in [1.29, 1.82) is 0 Å². The number of hydrogen-bond acceptors (Lipinski definition) is 2. The molecule has 4 heteroatoms. The molecule has 1 N–H and O–H groups in total. The third kappa shape index (κ3) is 3.20. The van der Waals surface area contributed by atoms with Crippen LogP contribution in [0.4, 0.5) is 0 Å². The monoisotopic (exact) mass is 243 g/mol. The highest BCUT2D eigenvalue weighted by Crippen LogP contribution is 2.07. The fraction of sp³-hybridized carbons (Fsp3) is 0.286. The number of hydrogen-bond donors (Lipinski definition) is 1. The van der Waals surface area contributed by atoms with E-state index in [1.165, 1.54) is 0 Å². The molecule has 1 heterocycles. The van der Waals surface area contributed by atoms with E-state index in [2.05, 4.69) is 10.4 Å². The van der Waals surface area contributed by atoms with Crippen LogP contribution in [0.15, 0.2) is 42.7 Å². The second-order valence-corrected chi connectivity index (χ2v) is 4.16. The van der Waals surface area contributed by atoms with Gasteiger partial charge in [0.05, 0.1) is 11.9 Å². The first-order valence-corrected chi connectivity index (χ1v) is 6.15. The van der Waals surface area contributed by atoms with E-state index in [1.807, 2.05) is 43.5 Å². The summed E-state index contributed by atoms with van der Waals surface area (Å²) in [5.41, 5.74) is 2.02. The molecular formula is C14H17N3O. The second kappa shape index (κ2) is 6.00. The highest BCUT2D eigenvalue weighted by molar-refractivity contribution is 5.75. The fourth-order valence-corrected chi connectivity index (χ4v) is 1.69. The van der Waals surface area contributed by atoms with Crippen LogP contribution in [0, 0.1) is 0 Å². The highest BCUT2D eigenvalue weighted by Gasteiger charge is 2.02. The van der Waals surface area contributed by atoms with E-state index in [-0.39, 0.29) is 5.91 Å². The maximum atomic E-state index is 11.4. The van der Waals surface area contributed by atoms with Gasteiger partial charge in [0.15, 0.2) is 0 Å². The number of carbonyl (C=O) groups is 1. The van der Waals surface area contributed by atoms with Crippen LogP contribution in [-0.2, 0) is 11.3 Å². The largest absolute Gasteiger partial charge is 0.352 e. The van der Waals surface area contributed by atoms with Gasteiger partial charge in [-0.1, -0.05) is 25.1 Å². The number of nitrogens with zero attached hydrogens (tertiary/aromatic N) is 2. The van der Waals surface area contributed by atoms with Gasteiger partial charge >= 0.3 is 0 Å². The van der Waals surface area contributed by atoms with Crippen molar-refractivity contribution < 1.29 is 4.79 Å². The van der Waals surface area contributed by atoms with E-state index in [9.17, 15) is 4.79 Å². The first-order valence-electron chi connectivity index (χ1n) is 6.15. The van der Waals surface area contributed by atoms with E-state index < -0.39 is 0 Å². The predicted molar refractivity (Wildman–Crippen MR) is 70.3 cm³/mol. The number of carbonyl (C=O) groups excluding carboxylic acids is 1. The van der Waals surface area contributed by atoms with Gasteiger partial charge in [-0.15, -0.1) is 0 Å². The normalized spacial score (nSPS) is 10.3. The summed E-state index contributed by atoms with van der Waals surface area (Å²) in [6, 6.07) is 9.90. The Bertz CT molecular complexity index is 505. The molecule has 1 aromatic heterocycles. The molecule has 0 saturated carbocycles. The van der Waals surface area contributed by atoms with Gasteiger partial charge in [0.1, 0.15) is 0 Å². The Morgan fingerprint density at radius 3 is 2.83 bits per heavy atom. The third-order valence-corrected chi connectivity index (χ3v) is 2.62. The molecule has 0 fully saturated rings. The van der Waals surface area contributed by atoms with Gasteiger partial charge < -0.3 is 5.32 Å². The first-order chi connectivity index (χ1) is 8.79. The number of benzene rings is 1. The molecule has 0 aliphatic carbocycles. The number of aromatic nitrogens is 2. The molecule has 2 aromatic rings. The van der Waals surface area contributed by atoms with Gasteiger partial charge in [-0.05, 0) is 18.6 Å². The number of amides is 1. The molecule has 18 heavy (non-hydrogen) atoms. The molecule has 2 rings (SSSR count). The quantitative estimate of drug-likeness (QED) is 0.875. The molecule has 0 unspecified atom stereocenters. The van der Waals surface area contributed by atoms with E-state index in [0.717, 1.165) is 17.7 Å². The molecular weight excluding hydrogens is 226 g/mol. The predicted octanol–water partition coefficient (Wildman–Crippen LogP) is 2.29. The van der Waals surface area contributed by atoms with Crippen LogP contribution in [0.25, 0.3) is 5.69 Å². The summed E-state index contributed by atoms with van der Waals surface area (Å²) in [4.78, 5) is 11.4. The van der Waals surface area contributed by atoms with Crippen molar-refractivity contribution in [1.82, 2.24) is 15.1 Å². The van der Waals surface area contributed by atoms with E-state index in [4.69, 9.17) is 0 Å². The van der Waals surface area contributed by atoms with Crippen LogP contribution in [-0.4, -0.2) is 15.7 Å². The first kappa shape index (κ1) is 12.4. The van der Waals surface area contributed by atoms with Gasteiger partial charge in [0, 0.05) is 24.7 Å². The van der Waals surface area contributed by atoms with Gasteiger partial charge in [-0.3, -0.25) is 4.79 Å². The van der Waals surface area contributed by atoms with Crippen molar-refractivity contribution in [3.63, 3.8) is 0 Å². The minimum absolute atomic E-state index is 0.0879. The van der Waals surface area contributed by atoms with E-state index in [1.54, 1.807) is 10.9 Å². The summed E-state index contributed by atoms with van der Waals surface area (Å²) in [5.74, 6) is 0.0879. The summed E-state index contributed by atoms with van der Waals surface area (Å²) < 4.78 is 1.81. The topological polar surface area (TPSA) is 46.9 Å². The van der Waals surface area contributed by atoms with Gasteiger partial charge in [0.2, 0.25) is 5.91 Å². The van der Waals surface area contributed by atoms with Crippen LogP contribution < -0.4 is 5.32 Å². The second-order valence-electron chi connectivity index (χ2n) is 4.16. The SMILES string of the molecule is CCCC(=O)NCc1cnn(-c2ccccc2)c1. The number of rotatable bonds is 5. The Morgan fingerprint density at radius 1 is 1.33 bits per heavy atom. The van der Waals surface area contributed by atoms with E-state index in [0.29, 0.717) is 13.0 Å². The minimum Gasteiger partial charge on any atom is -0.352 e. The Kier molecular flexibility index (Phi) is 4.12. The average Bonchev–Trinajstić information content (AvgIpc) is 2.87. The summed E-state index contributed by atoms with van der Waals surface area (Å²) in [6.07, 6.45) is 5.16. The lowest BCUT2D eigenvalue weighted by Gasteiger charge is -2.01. The van der Waals surface area contributed by atoms with Crippen molar-refractivity contribution in [3.05, 3.63) is 48.3 Å². The lowest BCUT2D eigenvalue weighted by Crippen LogP contribution is -2.21. The van der Waals surface area contributed by atoms with Crippen LogP contribution in [0.2, 0.25) is 0 Å². The number of para-hydroxylation sites is 1. The molecule has 0 saturated heterocycles. The van der Waals surface area contributed by atoms with Crippen LogP contribution in [0.1, 0.15) is 25.3 Å². The summed E-state index contributed by atoms with van der Waals surface area (Å²) in [6.45, 7) is 2.53. The maximum Gasteiger partial charge on any atom is 0.220 e. The molecule has 94 valence electrons. The maximum absolute atomic E-state index is 11.4. The summed E-state index contributed by atoms with van der Waals surface area (Å²) in [5, 5.41) is 7.15. The molecule has 0 bridgehead atoms. The van der Waals surface area contributed by atoms with Gasteiger partial charge in [0.25, 0.3) is 0 Å². The lowest BCUT2D eigenvalue weighted by atomic mass is 10.3. The molecule has 0 aliphatic heterocycles. The average molecular weight is 243 g/mol. The fourth-order valence-electron chi connectivity index (χ4n) is 1.69. The van der Waals surface area contributed by atoms with Crippen molar-refractivity contribution >= 4 is 5.91 Å². The van der Waals surface area contributed by atoms with Gasteiger partial charge in [-0.2, -0.15) is 5.10 Å². The molecule has 0 spiro atoms. The van der Waals surface area contributed by atoms with Crippen molar-refractivity contribution in [3.8, 4) is 5.69 Å². The Balaban J connectivity index is 1.97. The standard InChI is InChI=1S/C14H17N3O/c1-2-6-14(18)15-9-12-10-16-17(11-12)13-7-4-3-5-8-13/h3-5,7-8,10-11H,2,6,9H2,1H3,(H,15,18). The third-order valence-electron chi connectivity index (χ3n) is 2.62. The Labute approximate surface area is 107 Å². The molecule has 1 amide bonds. The van der Waals surface area contributed by atoms with Gasteiger partial charge in [-0.25, -0.2) is 4.68 Å². The van der Waals surface area contributed by atoms with E-state index >= 15 is 0 Å². The summed E-state index contributed by atoms with van der Waals surface area (Å²) >= 11 is 0. The lowest BCUT2D eigenvalue weighted by molar-refractivity contribution is -0.121. The molecule has 0 atom stereocenters. The minimum atomic E-state index is 0.0879. The van der Waals surface area contributed by atoms with Crippen molar-refractivity contribution in [2.24, 2.45) is 0 Å². The van der Waals surface area contributed by atoms with Crippen LogP contribution >= 0.6 is 0 Å². The van der Waals surface area contributed by atoms with Crippen molar-refractivity contribution in [2.75, 3.05) is 0 Å². The Morgan fingerprint density at radius 2 is 2.11 bits per heavy atom. The van der Waals surface area contributed by atoms with Crippen LogP contribution in [0.3, 0.4) is 0 Å². The highest BCUT2D eigenvalue weighted by atomic mass is 16.1. The molecule has 0 aliphatic rings. The number of nitrogens with one attached hydrogen (secondary N) is 1. The zero-order chi connectivity index (χ0) is 12.8. The molecule has 1 aromatic carbocycles. The molecule has 0 radical (unpaired) electrons. The summed E-state index contributed by atoms with van der Waals surface area (Å²) in [7, 11) is 0. The van der Waals surface area contributed by atoms with Crippen molar-refractivity contribution in [2.45, 2.75) is 26.3 Å². The van der Waals surface area contributed by atoms with Crippen LogP contribution in [0.5, 0.6) is 0 Å². The Hall–Kier alpha value is -2.10. The zero-order valence-corrected chi connectivity index (χ0v) is 10.5. The zero-order valence-electron chi connectivity index (χ0n) is 10.5. The molecule has 4 nitrogen and oxygen atoms in total.